The molecule has 142 valence electrons. The van der Waals surface area contributed by atoms with Crippen molar-refractivity contribution in [1.29, 1.82) is 0 Å². The van der Waals surface area contributed by atoms with E-state index < -0.39 is 0 Å². The van der Waals surface area contributed by atoms with Crippen LogP contribution in [0, 0.1) is 0 Å². The number of hydrogen-bond donors (Lipinski definition) is 2. The van der Waals surface area contributed by atoms with Gasteiger partial charge in [-0.15, -0.1) is 0 Å². The Morgan fingerprint density at radius 1 is 0.897 bits per heavy atom. The highest BCUT2D eigenvalue weighted by Gasteiger charge is 2.08. The van der Waals surface area contributed by atoms with Gasteiger partial charge >= 0.3 is 0 Å². The first-order valence-corrected chi connectivity index (χ1v) is 9.56. The molecule has 29 heavy (non-hydrogen) atoms. The molecule has 7 heteroatoms. The number of aromatic nitrogens is 6. The second-order valence-corrected chi connectivity index (χ2v) is 6.76. The lowest BCUT2D eigenvalue weighted by Gasteiger charge is -2.08. The average Bonchev–Trinajstić information content (AvgIpc) is 3.20. The van der Waals surface area contributed by atoms with E-state index in [9.17, 15) is 0 Å². The predicted octanol–water partition coefficient (Wildman–Crippen LogP) is 4.01. The molecule has 0 radical (unpaired) electrons. The number of rotatable bonds is 6. The van der Waals surface area contributed by atoms with Gasteiger partial charge < -0.3 is 10.3 Å². The third kappa shape index (κ3) is 3.62. The second kappa shape index (κ2) is 7.63. The third-order valence-electron chi connectivity index (χ3n) is 4.76. The van der Waals surface area contributed by atoms with Crippen molar-refractivity contribution in [2.45, 2.75) is 12.8 Å². The molecule has 4 heterocycles. The van der Waals surface area contributed by atoms with Gasteiger partial charge in [-0.25, -0.2) is 19.9 Å². The lowest BCUT2D eigenvalue weighted by atomic mass is 10.2. The summed E-state index contributed by atoms with van der Waals surface area (Å²) >= 11 is 0. The zero-order valence-electron chi connectivity index (χ0n) is 15.7. The number of para-hydroxylation sites is 2. The fourth-order valence-corrected chi connectivity index (χ4v) is 3.33. The van der Waals surface area contributed by atoms with Crippen LogP contribution < -0.4 is 5.32 Å². The van der Waals surface area contributed by atoms with E-state index >= 15 is 0 Å². The van der Waals surface area contributed by atoms with Crippen LogP contribution in [-0.2, 0) is 6.42 Å². The van der Waals surface area contributed by atoms with Crippen molar-refractivity contribution >= 4 is 27.9 Å². The van der Waals surface area contributed by atoms with Crippen LogP contribution in [0.25, 0.3) is 33.3 Å². The van der Waals surface area contributed by atoms with Crippen LogP contribution in [0.3, 0.4) is 0 Å². The summed E-state index contributed by atoms with van der Waals surface area (Å²) in [4.78, 5) is 25.7. The Bertz CT molecular complexity index is 1230. The van der Waals surface area contributed by atoms with Crippen molar-refractivity contribution in [3.63, 3.8) is 0 Å². The number of fused-ring (bicyclic) bond motifs is 2. The van der Waals surface area contributed by atoms with Gasteiger partial charge in [0.25, 0.3) is 0 Å². The molecule has 0 bridgehead atoms. The van der Waals surface area contributed by atoms with E-state index in [1.54, 1.807) is 18.7 Å². The molecule has 0 saturated carbocycles. The van der Waals surface area contributed by atoms with Gasteiger partial charge in [-0.05, 0) is 42.8 Å². The van der Waals surface area contributed by atoms with E-state index in [1.807, 2.05) is 48.5 Å². The van der Waals surface area contributed by atoms with E-state index in [2.05, 4.69) is 30.2 Å². The number of anilines is 1. The highest BCUT2D eigenvalue weighted by atomic mass is 15.0. The molecule has 0 amide bonds. The van der Waals surface area contributed by atoms with Gasteiger partial charge in [-0.1, -0.05) is 12.1 Å². The molecular weight excluding hydrogens is 362 g/mol. The summed E-state index contributed by atoms with van der Waals surface area (Å²) in [6, 6.07) is 15.9. The summed E-state index contributed by atoms with van der Waals surface area (Å²) in [5.41, 5.74) is 5.47. The Labute approximate surface area is 167 Å². The van der Waals surface area contributed by atoms with Crippen LogP contribution in [0.4, 0.5) is 5.82 Å². The minimum Gasteiger partial charge on any atom is -0.368 e. The molecule has 4 aromatic heterocycles. The molecule has 0 aliphatic rings. The standard InChI is InChI=1S/C22H19N7/c1-2-7-18-17(6-1)27-20(28-18)8-4-12-24-22-21-19(25-14-26-22)10-9-16(29-21)15-5-3-11-23-13-15/h1-3,5-7,9-11,13-14H,4,8,12H2,(H,27,28)(H,24,25,26). The van der Waals surface area contributed by atoms with Crippen LogP contribution in [-0.4, -0.2) is 36.4 Å². The lowest BCUT2D eigenvalue weighted by molar-refractivity contribution is 0.817. The predicted molar refractivity (Wildman–Crippen MR) is 113 cm³/mol. The van der Waals surface area contributed by atoms with Crippen LogP contribution in [0.1, 0.15) is 12.2 Å². The maximum absolute atomic E-state index is 4.77. The number of imidazole rings is 1. The average molecular weight is 381 g/mol. The van der Waals surface area contributed by atoms with Crippen LogP contribution in [0.2, 0.25) is 0 Å². The zero-order chi connectivity index (χ0) is 19.5. The smallest absolute Gasteiger partial charge is 0.156 e. The molecule has 5 aromatic rings. The maximum atomic E-state index is 4.77. The molecule has 0 unspecified atom stereocenters. The van der Waals surface area contributed by atoms with Crippen molar-refractivity contribution < 1.29 is 0 Å². The van der Waals surface area contributed by atoms with Gasteiger partial charge in [0, 0.05) is 30.9 Å². The summed E-state index contributed by atoms with van der Waals surface area (Å²) < 4.78 is 0. The Morgan fingerprint density at radius 3 is 2.76 bits per heavy atom. The number of benzene rings is 1. The fraction of sp³-hybridized carbons (Fsp3) is 0.136. The Morgan fingerprint density at radius 2 is 1.86 bits per heavy atom. The first-order chi connectivity index (χ1) is 14.4. The molecular formula is C22H19N7. The summed E-state index contributed by atoms with van der Waals surface area (Å²) in [7, 11) is 0. The number of pyridine rings is 2. The summed E-state index contributed by atoms with van der Waals surface area (Å²) in [5.74, 6) is 1.74. The SMILES string of the molecule is c1cncc(-c2ccc3ncnc(NCCCc4nc5ccccc5[nH]4)c3n2)c1. The first kappa shape index (κ1) is 17.2. The van der Waals surface area contributed by atoms with Crippen molar-refractivity contribution in [2.75, 3.05) is 11.9 Å². The molecule has 0 aliphatic carbocycles. The van der Waals surface area contributed by atoms with Gasteiger partial charge in [0.15, 0.2) is 5.82 Å². The van der Waals surface area contributed by atoms with Crippen molar-refractivity contribution in [2.24, 2.45) is 0 Å². The van der Waals surface area contributed by atoms with Crippen LogP contribution >= 0.6 is 0 Å². The topological polar surface area (TPSA) is 92.3 Å². The molecule has 7 nitrogen and oxygen atoms in total. The highest BCUT2D eigenvalue weighted by molar-refractivity contribution is 5.86. The Hall–Kier alpha value is -3.87. The maximum Gasteiger partial charge on any atom is 0.156 e. The normalized spacial score (nSPS) is 11.2. The zero-order valence-corrected chi connectivity index (χ0v) is 15.7. The Kier molecular flexibility index (Phi) is 4.54. The van der Waals surface area contributed by atoms with E-state index in [1.165, 1.54) is 0 Å². The summed E-state index contributed by atoms with van der Waals surface area (Å²) in [5, 5.41) is 3.40. The number of aromatic amines is 1. The number of aryl methyl sites for hydroxylation is 1. The lowest BCUT2D eigenvalue weighted by Crippen LogP contribution is -2.07. The minimum atomic E-state index is 0.741. The van der Waals surface area contributed by atoms with E-state index in [-0.39, 0.29) is 0 Å². The highest BCUT2D eigenvalue weighted by Crippen LogP contribution is 2.22. The van der Waals surface area contributed by atoms with Gasteiger partial charge in [0.05, 0.1) is 22.2 Å². The van der Waals surface area contributed by atoms with Crippen LogP contribution in [0.5, 0.6) is 0 Å². The van der Waals surface area contributed by atoms with Gasteiger partial charge in [0.1, 0.15) is 17.7 Å². The summed E-state index contributed by atoms with van der Waals surface area (Å²) in [6.45, 7) is 0.766. The van der Waals surface area contributed by atoms with Crippen molar-refractivity contribution in [3.8, 4) is 11.3 Å². The molecule has 0 saturated heterocycles. The monoisotopic (exact) mass is 381 g/mol. The van der Waals surface area contributed by atoms with Crippen LogP contribution in [0.15, 0.2) is 67.3 Å². The number of nitrogens with zero attached hydrogens (tertiary/aromatic N) is 5. The van der Waals surface area contributed by atoms with Crippen molar-refractivity contribution in [3.05, 3.63) is 73.1 Å². The minimum absolute atomic E-state index is 0.741. The van der Waals surface area contributed by atoms with Gasteiger partial charge in [-0.2, -0.15) is 0 Å². The van der Waals surface area contributed by atoms with Crippen molar-refractivity contribution in [1.82, 2.24) is 29.9 Å². The number of hydrogen-bond acceptors (Lipinski definition) is 6. The quantitative estimate of drug-likeness (QED) is 0.432. The molecule has 1 aromatic carbocycles. The molecule has 0 spiro atoms. The molecule has 2 N–H and O–H groups in total. The molecule has 0 aliphatic heterocycles. The first-order valence-electron chi connectivity index (χ1n) is 9.56. The molecule has 0 fully saturated rings. The largest absolute Gasteiger partial charge is 0.368 e. The second-order valence-electron chi connectivity index (χ2n) is 6.76. The summed E-state index contributed by atoms with van der Waals surface area (Å²) in [6.07, 6.45) is 6.91. The van der Waals surface area contributed by atoms with E-state index in [0.29, 0.717) is 0 Å². The van der Waals surface area contributed by atoms with Gasteiger partial charge in [0.2, 0.25) is 0 Å². The fourth-order valence-electron chi connectivity index (χ4n) is 3.33. The number of H-pyrrole nitrogens is 1. The van der Waals surface area contributed by atoms with E-state index in [4.69, 9.17) is 4.98 Å². The molecule has 5 rings (SSSR count). The van der Waals surface area contributed by atoms with Gasteiger partial charge in [-0.3, -0.25) is 4.98 Å². The third-order valence-corrected chi connectivity index (χ3v) is 4.76. The van der Waals surface area contributed by atoms with E-state index in [0.717, 1.165) is 64.4 Å². The molecule has 0 atom stereocenters. The Balaban J connectivity index is 1.30. The number of nitrogens with one attached hydrogen (secondary N) is 2.